The topological polar surface area (TPSA) is 92.2 Å². The normalized spacial score (nSPS) is 13.2. The lowest BCUT2D eigenvalue weighted by molar-refractivity contribution is 0.265. The van der Waals surface area contributed by atoms with Crippen LogP contribution < -0.4 is 11.5 Å². The van der Waals surface area contributed by atoms with Gasteiger partial charge in [0.1, 0.15) is 0 Å². The Morgan fingerprint density at radius 2 is 2.33 bits per heavy atom. The molecule has 80 valence electrons. The van der Waals surface area contributed by atoms with Gasteiger partial charge in [0.2, 0.25) is 0 Å². The van der Waals surface area contributed by atoms with Crippen molar-refractivity contribution < 1.29 is 9.52 Å². The van der Waals surface area contributed by atoms with E-state index in [4.69, 9.17) is 15.3 Å². The van der Waals surface area contributed by atoms with Gasteiger partial charge in [-0.1, -0.05) is 6.07 Å². The van der Waals surface area contributed by atoms with Crippen LogP contribution in [0.1, 0.15) is 5.56 Å². The molecule has 0 saturated carbocycles. The molecule has 0 bridgehead atoms. The first-order valence-corrected chi connectivity index (χ1v) is 4.67. The highest BCUT2D eigenvalue weighted by Crippen LogP contribution is 2.13. The zero-order chi connectivity index (χ0) is 10.8. The average Bonchev–Trinajstić information content (AvgIpc) is 2.57. The first-order chi connectivity index (χ1) is 7.19. The van der Waals surface area contributed by atoms with Crippen LogP contribution in [0.25, 0.3) is 11.1 Å². The van der Waals surface area contributed by atoms with Gasteiger partial charge in [0.05, 0.1) is 12.1 Å². The molecule has 0 fully saturated rings. The first kappa shape index (κ1) is 9.95. The van der Waals surface area contributed by atoms with Crippen molar-refractivity contribution in [2.24, 2.45) is 5.73 Å². The van der Waals surface area contributed by atoms with E-state index in [0.29, 0.717) is 17.5 Å². The Balaban J connectivity index is 2.34. The molecule has 0 radical (unpaired) electrons. The molecule has 0 aliphatic carbocycles. The number of H-pyrrole nitrogens is 1. The van der Waals surface area contributed by atoms with Gasteiger partial charge in [-0.2, -0.15) is 0 Å². The predicted octanol–water partition coefficient (Wildman–Crippen LogP) is -0.0168. The van der Waals surface area contributed by atoms with Crippen molar-refractivity contribution in [1.29, 1.82) is 0 Å². The van der Waals surface area contributed by atoms with Gasteiger partial charge in [-0.15, -0.1) is 0 Å². The molecule has 15 heavy (non-hydrogen) atoms. The van der Waals surface area contributed by atoms with E-state index in [1.165, 1.54) is 0 Å². The monoisotopic (exact) mass is 208 g/mol. The van der Waals surface area contributed by atoms with Gasteiger partial charge in [0.25, 0.3) is 0 Å². The maximum absolute atomic E-state index is 10.9. The standard InChI is InChI=1S/C10H12N2O3/c11-7(5-13)3-6-1-2-8-9(4-6)15-10(14)12-8/h1-2,4,7,13H,3,5,11H2,(H,12,14). The van der Waals surface area contributed by atoms with E-state index in [1.807, 2.05) is 6.07 Å². The highest BCUT2D eigenvalue weighted by Gasteiger charge is 2.05. The zero-order valence-electron chi connectivity index (χ0n) is 8.06. The fraction of sp³-hybridized carbons (Fsp3) is 0.300. The molecule has 0 saturated heterocycles. The van der Waals surface area contributed by atoms with Crippen LogP contribution >= 0.6 is 0 Å². The van der Waals surface area contributed by atoms with Crippen molar-refractivity contribution in [1.82, 2.24) is 4.98 Å². The Bertz CT molecular complexity index is 515. The highest BCUT2D eigenvalue weighted by atomic mass is 16.4. The van der Waals surface area contributed by atoms with E-state index in [2.05, 4.69) is 4.98 Å². The molecular formula is C10H12N2O3. The van der Waals surface area contributed by atoms with Crippen LogP contribution in [-0.4, -0.2) is 22.7 Å². The van der Waals surface area contributed by atoms with Crippen LogP contribution in [0.5, 0.6) is 0 Å². The summed E-state index contributed by atoms with van der Waals surface area (Å²) in [5.41, 5.74) is 7.73. The Hall–Kier alpha value is -1.59. The molecule has 1 unspecified atom stereocenters. The number of oxazole rings is 1. The SMILES string of the molecule is NC(CO)Cc1ccc2[nH]c(=O)oc2c1. The van der Waals surface area contributed by atoms with E-state index in [0.717, 1.165) is 5.56 Å². The summed E-state index contributed by atoms with van der Waals surface area (Å²) in [4.78, 5) is 13.4. The molecule has 0 spiro atoms. The van der Waals surface area contributed by atoms with Gasteiger partial charge in [-0.05, 0) is 24.1 Å². The van der Waals surface area contributed by atoms with E-state index < -0.39 is 5.76 Å². The summed E-state index contributed by atoms with van der Waals surface area (Å²) >= 11 is 0. The first-order valence-electron chi connectivity index (χ1n) is 4.67. The van der Waals surface area contributed by atoms with E-state index in [1.54, 1.807) is 12.1 Å². The Morgan fingerprint density at radius 3 is 3.07 bits per heavy atom. The minimum absolute atomic E-state index is 0.0604. The van der Waals surface area contributed by atoms with Crippen LogP contribution in [-0.2, 0) is 6.42 Å². The Kier molecular flexibility index (Phi) is 2.57. The number of aromatic amines is 1. The lowest BCUT2D eigenvalue weighted by Crippen LogP contribution is -2.26. The largest absolute Gasteiger partial charge is 0.417 e. The molecular weight excluding hydrogens is 196 g/mol. The summed E-state index contributed by atoms with van der Waals surface area (Å²) in [6, 6.07) is 5.08. The number of aromatic nitrogens is 1. The van der Waals surface area contributed by atoms with Crippen molar-refractivity contribution in [3.8, 4) is 0 Å². The van der Waals surface area contributed by atoms with E-state index in [-0.39, 0.29) is 12.6 Å². The molecule has 0 aliphatic rings. The van der Waals surface area contributed by atoms with Gasteiger partial charge < -0.3 is 15.3 Å². The molecule has 1 atom stereocenters. The van der Waals surface area contributed by atoms with Crippen molar-refractivity contribution in [3.63, 3.8) is 0 Å². The summed E-state index contributed by atoms with van der Waals surface area (Å²) < 4.78 is 4.91. The molecule has 5 nitrogen and oxygen atoms in total. The number of benzene rings is 1. The zero-order valence-corrected chi connectivity index (χ0v) is 8.06. The second kappa shape index (κ2) is 3.88. The summed E-state index contributed by atoms with van der Waals surface area (Å²) in [5.74, 6) is -0.464. The number of hydrogen-bond donors (Lipinski definition) is 3. The Labute approximate surface area is 85.5 Å². The fourth-order valence-corrected chi connectivity index (χ4v) is 1.48. The maximum atomic E-state index is 10.9. The molecule has 1 heterocycles. The lowest BCUT2D eigenvalue weighted by Gasteiger charge is -2.06. The van der Waals surface area contributed by atoms with Crippen molar-refractivity contribution in [3.05, 3.63) is 34.3 Å². The number of aliphatic hydroxyl groups is 1. The van der Waals surface area contributed by atoms with Gasteiger partial charge in [0.15, 0.2) is 5.58 Å². The van der Waals surface area contributed by atoms with Gasteiger partial charge in [-0.3, -0.25) is 4.98 Å². The number of rotatable bonds is 3. The smallest absolute Gasteiger partial charge is 0.408 e. The minimum atomic E-state index is -0.464. The minimum Gasteiger partial charge on any atom is -0.408 e. The van der Waals surface area contributed by atoms with Gasteiger partial charge >= 0.3 is 5.76 Å². The molecule has 0 amide bonds. The third-order valence-electron chi connectivity index (χ3n) is 2.22. The number of nitrogens with two attached hydrogens (primary N) is 1. The van der Waals surface area contributed by atoms with Crippen LogP contribution in [0.4, 0.5) is 0 Å². The third kappa shape index (κ3) is 2.08. The number of nitrogens with one attached hydrogen (secondary N) is 1. The highest BCUT2D eigenvalue weighted by molar-refractivity contribution is 5.72. The Morgan fingerprint density at radius 1 is 1.53 bits per heavy atom. The van der Waals surface area contributed by atoms with Crippen LogP contribution in [0.3, 0.4) is 0 Å². The predicted molar refractivity (Wildman–Crippen MR) is 55.6 cm³/mol. The van der Waals surface area contributed by atoms with Crippen LogP contribution in [0.15, 0.2) is 27.4 Å². The number of hydrogen-bond acceptors (Lipinski definition) is 4. The van der Waals surface area contributed by atoms with Crippen LogP contribution in [0.2, 0.25) is 0 Å². The maximum Gasteiger partial charge on any atom is 0.417 e. The molecule has 1 aromatic carbocycles. The molecule has 4 N–H and O–H groups in total. The number of aliphatic hydroxyl groups excluding tert-OH is 1. The second-order valence-electron chi connectivity index (χ2n) is 3.49. The van der Waals surface area contributed by atoms with Gasteiger partial charge in [0, 0.05) is 6.04 Å². The van der Waals surface area contributed by atoms with Gasteiger partial charge in [-0.25, -0.2) is 4.79 Å². The molecule has 5 heteroatoms. The van der Waals surface area contributed by atoms with E-state index >= 15 is 0 Å². The summed E-state index contributed by atoms with van der Waals surface area (Å²) in [6.45, 7) is -0.0604. The van der Waals surface area contributed by atoms with Crippen molar-refractivity contribution >= 4 is 11.1 Å². The summed E-state index contributed by atoms with van der Waals surface area (Å²) in [6.07, 6.45) is 0.557. The third-order valence-corrected chi connectivity index (χ3v) is 2.22. The van der Waals surface area contributed by atoms with Crippen molar-refractivity contribution in [2.45, 2.75) is 12.5 Å². The lowest BCUT2D eigenvalue weighted by atomic mass is 10.1. The number of fused-ring (bicyclic) bond motifs is 1. The summed E-state index contributed by atoms with van der Waals surface area (Å²) in [7, 11) is 0. The quantitative estimate of drug-likeness (QED) is 0.661. The molecule has 1 aromatic heterocycles. The average molecular weight is 208 g/mol. The van der Waals surface area contributed by atoms with E-state index in [9.17, 15) is 4.79 Å². The second-order valence-corrected chi connectivity index (χ2v) is 3.49. The van der Waals surface area contributed by atoms with Crippen LogP contribution in [0, 0.1) is 0 Å². The van der Waals surface area contributed by atoms with Crippen molar-refractivity contribution in [2.75, 3.05) is 6.61 Å². The molecule has 2 aromatic rings. The summed E-state index contributed by atoms with van der Waals surface area (Å²) in [5, 5.41) is 8.81. The molecule has 0 aliphatic heterocycles. The molecule has 2 rings (SSSR count). The fourth-order valence-electron chi connectivity index (χ4n) is 1.48.